The van der Waals surface area contributed by atoms with Crippen molar-refractivity contribution >= 4 is 5.91 Å². The molecule has 104 valence electrons. The summed E-state index contributed by atoms with van der Waals surface area (Å²) < 4.78 is 11.5. The first-order chi connectivity index (χ1) is 8.67. The van der Waals surface area contributed by atoms with Gasteiger partial charge in [-0.3, -0.25) is 9.69 Å². The Kier molecular flexibility index (Phi) is 4.59. The van der Waals surface area contributed by atoms with Crippen LogP contribution in [0.15, 0.2) is 0 Å². The van der Waals surface area contributed by atoms with E-state index in [1.165, 1.54) is 0 Å². The van der Waals surface area contributed by atoms with Gasteiger partial charge >= 0.3 is 0 Å². The van der Waals surface area contributed by atoms with Gasteiger partial charge in [-0.2, -0.15) is 0 Å². The summed E-state index contributed by atoms with van der Waals surface area (Å²) in [5.74, 6) is -0.343. The van der Waals surface area contributed by atoms with Crippen LogP contribution in [0.1, 0.15) is 33.1 Å². The largest absolute Gasteiger partial charge is 0.355 e. The summed E-state index contributed by atoms with van der Waals surface area (Å²) in [5, 5.41) is 2.95. The molecule has 2 aliphatic rings. The Bertz CT molecular complexity index is 290. The molecule has 2 fully saturated rings. The van der Waals surface area contributed by atoms with E-state index in [1.54, 1.807) is 0 Å². The molecule has 1 unspecified atom stereocenters. The highest BCUT2D eigenvalue weighted by atomic mass is 16.7. The normalized spacial score (nSPS) is 25.2. The standard InChI is InChI=1S/C13H24N2O3/c1-3-6-14-12(16)11(2)15-7-4-5-13(10-15)17-8-9-18-13/h11H,3-10H2,1-2H3,(H,14,16). The summed E-state index contributed by atoms with van der Waals surface area (Å²) >= 11 is 0. The molecule has 1 atom stereocenters. The molecule has 0 aliphatic carbocycles. The Hall–Kier alpha value is -0.650. The summed E-state index contributed by atoms with van der Waals surface area (Å²) in [6, 6.07) is -0.110. The summed E-state index contributed by atoms with van der Waals surface area (Å²) in [7, 11) is 0. The quantitative estimate of drug-likeness (QED) is 0.806. The first-order valence-electron chi connectivity index (χ1n) is 6.96. The molecule has 5 heteroatoms. The van der Waals surface area contributed by atoms with Crippen LogP contribution < -0.4 is 5.32 Å². The molecule has 1 amide bonds. The van der Waals surface area contributed by atoms with Crippen molar-refractivity contribution in [1.29, 1.82) is 0 Å². The highest BCUT2D eigenvalue weighted by Gasteiger charge is 2.42. The third-order valence-corrected chi connectivity index (χ3v) is 3.74. The van der Waals surface area contributed by atoms with Gasteiger partial charge in [-0.25, -0.2) is 0 Å². The van der Waals surface area contributed by atoms with Crippen molar-refractivity contribution in [1.82, 2.24) is 10.2 Å². The second-order valence-corrected chi connectivity index (χ2v) is 5.15. The Morgan fingerprint density at radius 1 is 1.44 bits per heavy atom. The van der Waals surface area contributed by atoms with Crippen LogP contribution in [-0.2, 0) is 14.3 Å². The third-order valence-electron chi connectivity index (χ3n) is 3.74. The van der Waals surface area contributed by atoms with Crippen LogP contribution in [0.2, 0.25) is 0 Å². The zero-order chi connectivity index (χ0) is 13.0. The molecule has 18 heavy (non-hydrogen) atoms. The van der Waals surface area contributed by atoms with Gasteiger partial charge in [0.1, 0.15) is 0 Å². The van der Waals surface area contributed by atoms with Crippen molar-refractivity contribution in [2.24, 2.45) is 0 Å². The average Bonchev–Trinajstić information content (AvgIpc) is 2.83. The van der Waals surface area contributed by atoms with E-state index < -0.39 is 5.79 Å². The van der Waals surface area contributed by atoms with Gasteiger partial charge in [-0.15, -0.1) is 0 Å². The van der Waals surface area contributed by atoms with Gasteiger partial charge in [-0.1, -0.05) is 6.92 Å². The summed E-state index contributed by atoms with van der Waals surface area (Å²) in [4.78, 5) is 14.1. The molecule has 1 spiro atoms. The van der Waals surface area contributed by atoms with E-state index in [0.29, 0.717) is 19.8 Å². The van der Waals surface area contributed by atoms with E-state index in [0.717, 1.165) is 32.4 Å². The van der Waals surface area contributed by atoms with Crippen LogP contribution in [0.5, 0.6) is 0 Å². The molecule has 0 saturated carbocycles. The van der Waals surface area contributed by atoms with Crippen LogP contribution in [0.4, 0.5) is 0 Å². The van der Waals surface area contributed by atoms with Crippen molar-refractivity contribution in [3.63, 3.8) is 0 Å². The lowest BCUT2D eigenvalue weighted by molar-refractivity contribution is -0.193. The molecule has 2 aliphatic heterocycles. The lowest BCUT2D eigenvalue weighted by atomic mass is 10.0. The molecule has 0 bridgehead atoms. The monoisotopic (exact) mass is 256 g/mol. The molecule has 2 saturated heterocycles. The maximum atomic E-state index is 12.0. The zero-order valence-corrected chi connectivity index (χ0v) is 11.4. The SMILES string of the molecule is CCCNC(=O)C(C)N1CCCC2(C1)OCCO2. The van der Waals surface area contributed by atoms with Gasteiger partial charge in [0.25, 0.3) is 0 Å². The van der Waals surface area contributed by atoms with Crippen LogP contribution >= 0.6 is 0 Å². The van der Waals surface area contributed by atoms with Crippen molar-refractivity contribution in [3.8, 4) is 0 Å². The fourth-order valence-corrected chi connectivity index (χ4v) is 2.64. The minimum Gasteiger partial charge on any atom is -0.355 e. The number of rotatable bonds is 4. The van der Waals surface area contributed by atoms with E-state index in [1.807, 2.05) is 6.92 Å². The van der Waals surface area contributed by atoms with Crippen LogP contribution in [0.3, 0.4) is 0 Å². The predicted octanol–water partition coefficient (Wildman–Crippen LogP) is 0.740. The topological polar surface area (TPSA) is 50.8 Å². The van der Waals surface area contributed by atoms with Gasteiger partial charge < -0.3 is 14.8 Å². The number of nitrogens with zero attached hydrogens (tertiary/aromatic N) is 1. The molecule has 5 nitrogen and oxygen atoms in total. The zero-order valence-electron chi connectivity index (χ0n) is 11.4. The van der Waals surface area contributed by atoms with Gasteiger partial charge in [-0.05, 0) is 26.3 Å². The lowest BCUT2D eigenvalue weighted by Gasteiger charge is -2.40. The van der Waals surface area contributed by atoms with Crippen LogP contribution in [0.25, 0.3) is 0 Å². The van der Waals surface area contributed by atoms with Gasteiger partial charge in [0.05, 0.1) is 25.8 Å². The first kappa shape index (κ1) is 13.8. The number of carbonyl (C=O) groups excluding carboxylic acids is 1. The highest BCUT2D eigenvalue weighted by molar-refractivity contribution is 5.81. The molecule has 0 aromatic heterocycles. The number of nitrogens with one attached hydrogen (secondary N) is 1. The van der Waals surface area contributed by atoms with E-state index in [9.17, 15) is 4.79 Å². The highest BCUT2D eigenvalue weighted by Crippen LogP contribution is 2.30. The third kappa shape index (κ3) is 3.02. The Morgan fingerprint density at radius 2 is 2.17 bits per heavy atom. The number of carbonyl (C=O) groups is 1. The number of ether oxygens (including phenoxy) is 2. The maximum Gasteiger partial charge on any atom is 0.237 e. The number of hydrogen-bond acceptors (Lipinski definition) is 4. The van der Waals surface area contributed by atoms with Crippen molar-refractivity contribution in [3.05, 3.63) is 0 Å². The Balaban J connectivity index is 1.89. The first-order valence-corrected chi connectivity index (χ1v) is 6.96. The predicted molar refractivity (Wildman–Crippen MR) is 68.2 cm³/mol. The Labute approximate surface area is 109 Å². The lowest BCUT2D eigenvalue weighted by Crippen LogP contribution is -2.55. The van der Waals surface area contributed by atoms with Gasteiger partial charge in [0.2, 0.25) is 5.91 Å². The van der Waals surface area contributed by atoms with E-state index in [-0.39, 0.29) is 11.9 Å². The molecule has 2 heterocycles. The molecule has 0 radical (unpaired) electrons. The molecular weight excluding hydrogens is 232 g/mol. The average molecular weight is 256 g/mol. The molecule has 0 aromatic carbocycles. The fourth-order valence-electron chi connectivity index (χ4n) is 2.64. The summed E-state index contributed by atoms with van der Waals surface area (Å²) in [6.07, 6.45) is 2.92. The number of hydrogen-bond donors (Lipinski definition) is 1. The number of piperidine rings is 1. The molecule has 0 aromatic rings. The molecule has 2 rings (SSSR count). The summed E-state index contributed by atoms with van der Waals surface area (Å²) in [5.41, 5.74) is 0. The molecule has 1 N–H and O–H groups in total. The maximum absolute atomic E-state index is 12.0. The van der Waals surface area contributed by atoms with Crippen LogP contribution in [0, 0.1) is 0 Å². The second-order valence-electron chi connectivity index (χ2n) is 5.15. The van der Waals surface area contributed by atoms with Gasteiger partial charge in [0, 0.05) is 13.0 Å². The molecular formula is C13H24N2O3. The number of likely N-dealkylation sites (tertiary alicyclic amines) is 1. The minimum atomic E-state index is -0.447. The van der Waals surface area contributed by atoms with E-state index >= 15 is 0 Å². The van der Waals surface area contributed by atoms with E-state index in [4.69, 9.17) is 9.47 Å². The number of amides is 1. The minimum absolute atomic E-state index is 0.104. The van der Waals surface area contributed by atoms with Crippen LogP contribution in [-0.4, -0.2) is 55.5 Å². The second kappa shape index (κ2) is 5.99. The van der Waals surface area contributed by atoms with Gasteiger partial charge in [0.15, 0.2) is 5.79 Å². The smallest absolute Gasteiger partial charge is 0.237 e. The summed E-state index contributed by atoms with van der Waals surface area (Å²) in [6.45, 7) is 7.74. The van der Waals surface area contributed by atoms with Crippen molar-refractivity contribution in [2.75, 3.05) is 32.8 Å². The van der Waals surface area contributed by atoms with E-state index in [2.05, 4.69) is 17.1 Å². The Morgan fingerprint density at radius 3 is 2.83 bits per heavy atom. The van der Waals surface area contributed by atoms with Crippen molar-refractivity contribution < 1.29 is 14.3 Å². The fraction of sp³-hybridized carbons (Fsp3) is 0.923. The van der Waals surface area contributed by atoms with Crippen molar-refractivity contribution in [2.45, 2.75) is 44.9 Å².